The zero-order valence-electron chi connectivity index (χ0n) is 9.64. The Bertz CT molecular complexity index is 115. The van der Waals surface area contributed by atoms with Crippen molar-refractivity contribution in [2.75, 3.05) is 6.54 Å². The maximum Gasteiger partial charge on any atom is 0.0716 e. The van der Waals surface area contributed by atoms with Gasteiger partial charge in [-0.1, -0.05) is 46.4 Å². The lowest BCUT2D eigenvalue weighted by atomic mass is 9.83. The highest BCUT2D eigenvalue weighted by atomic mass is 14.9. The highest BCUT2D eigenvalue weighted by molar-refractivity contribution is 6.11. The average molecular weight is 181 g/mol. The molecular formula is C11H24BN. The predicted molar refractivity (Wildman–Crippen MR) is 61.3 cm³/mol. The fourth-order valence-corrected chi connectivity index (χ4v) is 1.40. The zero-order valence-corrected chi connectivity index (χ0v) is 9.64. The first-order valence-electron chi connectivity index (χ1n) is 5.60. The monoisotopic (exact) mass is 181 g/mol. The van der Waals surface area contributed by atoms with Crippen molar-refractivity contribution < 1.29 is 0 Å². The Morgan fingerprint density at radius 2 is 1.85 bits per heavy atom. The topological polar surface area (TPSA) is 12.0 Å². The van der Waals surface area contributed by atoms with Crippen LogP contribution in [0.3, 0.4) is 0 Å². The smallest absolute Gasteiger partial charge is 0.0716 e. The molecule has 1 N–H and O–H groups in total. The summed E-state index contributed by atoms with van der Waals surface area (Å²) in [6, 6.07) is 0.436. The molecule has 0 rings (SSSR count). The van der Waals surface area contributed by atoms with Crippen molar-refractivity contribution in [3.8, 4) is 0 Å². The van der Waals surface area contributed by atoms with E-state index in [0.717, 1.165) is 12.5 Å². The van der Waals surface area contributed by atoms with E-state index in [1.165, 1.54) is 19.3 Å². The van der Waals surface area contributed by atoms with Gasteiger partial charge in [0.05, 0.1) is 7.85 Å². The van der Waals surface area contributed by atoms with Crippen molar-refractivity contribution in [2.45, 2.75) is 58.8 Å². The highest BCUT2D eigenvalue weighted by Gasteiger charge is 2.09. The van der Waals surface area contributed by atoms with Crippen molar-refractivity contribution in [3.63, 3.8) is 0 Å². The summed E-state index contributed by atoms with van der Waals surface area (Å²) in [7, 11) is 5.78. The first-order valence-corrected chi connectivity index (χ1v) is 5.60. The van der Waals surface area contributed by atoms with Crippen molar-refractivity contribution in [2.24, 2.45) is 5.92 Å². The molecule has 0 aliphatic rings. The molecule has 0 aliphatic carbocycles. The fraction of sp³-hybridized carbons (Fsp3) is 1.00. The van der Waals surface area contributed by atoms with Crippen LogP contribution in [0.5, 0.6) is 0 Å². The lowest BCUT2D eigenvalue weighted by molar-refractivity contribution is 0.398. The van der Waals surface area contributed by atoms with Gasteiger partial charge in [0.25, 0.3) is 0 Å². The van der Waals surface area contributed by atoms with Crippen LogP contribution in [0.1, 0.15) is 47.0 Å². The molecular weight excluding hydrogens is 157 g/mol. The highest BCUT2D eigenvalue weighted by Crippen LogP contribution is 2.11. The van der Waals surface area contributed by atoms with Gasteiger partial charge in [0.15, 0.2) is 0 Å². The van der Waals surface area contributed by atoms with E-state index in [2.05, 4.69) is 33.0 Å². The molecule has 0 aromatic carbocycles. The molecule has 2 heteroatoms. The summed E-state index contributed by atoms with van der Waals surface area (Å²) in [6.07, 6.45) is 3.88. The van der Waals surface area contributed by atoms with Crippen molar-refractivity contribution in [1.29, 1.82) is 0 Å². The molecule has 0 saturated heterocycles. The quantitative estimate of drug-likeness (QED) is 0.595. The second-order valence-electron chi connectivity index (χ2n) is 4.12. The van der Waals surface area contributed by atoms with E-state index in [-0.39, 0.29) is 5.82 Å². The Morgan fingerprint density at radius 3 is 2.23 bits per heavy atom. The van der Waals surface area contributed by atoms with Crippen LogP contribution in [0.2, 0.25) is 5.82 Å². The van der Waals surface area contributed by atoms with Crippen LogP contribution in [0.4, 0.5) is 0 Å². The normalized spacial score (nSPS) is 18.2. The second-order valence-corrected chi connectivity index (χ2v) is 4.12. The van der Waals surface area contributed by atoms with Gasteiger partial charge in [-0.3, -0.25) is 0 Å². The molecule has 2 radical (unpaired) electrons. The molecule has 1 unspecified atom stereocenters. The van der Waals surface area contributed by atoms with Gasteiger partial charge < -0.3 is 5.32 Å². The standard InChI is InChI=1S/C11H24BN/c1-5-7-11(6-2)8-13-10(4)9(3)12/h9-11,13H,5-8H2,1-4H3/t9-,10-,11?/m1/s1. The fourth-order valence-electron chi connectivity index (χ4n) is 1.40. The average Bonchev–Trinajstić information content (AvgIpc) is 2.11. The van der Waals surface area contributed by atoms with Gasteiger partial charge in [-0.05, 0) is 24.9 Å². The largest absolute Gasteiger partial charge is 0.314 e. The molecule has 76 valence electrons. The molecule has 13 heavy (non-hydrogen) atoms. The zero-order chi connectivity index (χ0) is 10.3. The Kier molecular flexibility index (Phi) is 7.45. The van der Waals surface area contributed by atoms with Gasteiger partial charge in [0.2, 0.25) is 0 Å². The third kappa shape index (κ3) is 6.14. The minimum atomic E-state index is 0.249. The summed E-state index contributed by atoms with van der Waals surface area (Å²) >= 11 is 0. The van der Waals surface area contributed by atoms with Crippen LogP contribution in [0.15, 0.2) is 0 Å². The van der Waals surface area contributed by atoms with E-state index < -0.39 is 0 Å². The molecule has 0 saturated carbocycles. The lowest BCUT2D eigenvalue weighted by Crippen LogP contribution is -2.33. The van der Waals surface area contributed by atoms with Crippen LogP contribution in [0, 0.1) is 5.92 Å². The van der Waals surface area contributed by atoms with Crippen LogP contribution < -0.4 is 5.32 Å². The van der Waals surface area contributed by atoms with Gasteiger partial charge in [0, 0.05) is 0 Å². The maximum atomic E-state index is 5.78. The summed E-state index contributed by atoms with van der Waals surface area (Å²) in [4.78, 5) is 0. The van der Waals surface area contributed by atoms with E-state index in [9.17, 15) is 0 Å². The van der Waals surface area contributed by atoms with Gasteiger partial charge in [-0.25, -0.2) is 0 Å². The molecule has 0 spiro atoms. The number of rotatable bonds is 7. The number of hydrogen-bond acceptors (Lipinski definition) is 1. The van der Waals surface area contributed by atoms with E-state index in [1.807, 2.05) is 0 Å². The van der Waals surface area contributed by atoms with Gasteiger partial charge >= 0.3 is 0 Å². The predicted octanol–water partition coefficient (Wildman–Crippen LogP) is 2.77. The summed E-state index contributed by atoms with van der Waals surface area (Å²) in [5.41, 5.74) is 0. The Hall–Kier alpha value is 0.0249. The van der Waals surface area contributed by atoms with Gasteiger partial charge in [-0.2, -0.15) is 0 Å². The molecule has 0 fully saturated rings. The molecule has 0 amide bonds. The Morgan fingerprint density at radius 1 is 1.23 bits per heavy atom. The lowest BCUT2D eigenvalue weighted by Gasteiger charge is -2.21. The molecule has 1 nitrogen and oxygen atoms in total. The number of hydrogen-bond donors (Lipinski definition) is 1. The van der Waals surface area contributed by atoms with E-state index in [4.69, 9.17) is 7.85 Å². The number of nitrogens with one attached hydrogen (secondary N) is 1. The van der Waals surface area contributed by atoms with E-state index in [1.54, 1.807) is 0 Å². The minimum absolute atomic E-state index is 0.249. The molecule has 0 aliphatic heterocycles. The van der Waals surface area contributed by atoms with Crippen LogP contribution in [-0.2, 0) is 0 Å². The third-order valence-electron chi connectivity index (χ3n) is 2.79. The summed E-state index contributed by atoms with van der Waals surface area (Å²) in [5.74, 6) is 1.07. The van der Waals surface area contributed by atoms with Gasteiger partial charge in [-0.15, -0.1) is 0 Å². The first-order chi connectivity index (χ1) is 6.11. The van der Waals surface area contributed by atoms with E-state index in [0.29, 0.717) is 6.04 Å². The summed E-state index contributed by atoms with van der Waals surface area (Å²) in [5, 5.41) is 3.49. The second kappa shape index (κ2) is 7.43. The molecule has 0 bridgehead atoms. The van der Waals surface area contributed by atoms with Crippen molar-refractivity contribution in [1.82, 2.24) is 5.32 Å². The van der Waals surface area contributed by atoms with Crippen molar-refractivity contribution in [3.05, 3.63) is 0 Å². The van der Waals surface area contributed by atoms with Crippen LogP contribution >= 0.6 is 0 Å². The van der Waals surface area contributed by atoms with E-state index >= 15 is 0 Å². The minimum Gasteiger partial charge on any atom is -0.314 e. The van der Waals surface area contributed by atoms with Crippen molar-refractivity contribution >= 4 is 7.85 Å². The van der Waals surface area contributed by atoms with Gasteiger partial charge in [0.1, 0.15) is 0 Å². The summed E-state index contributed by atoms with van der Waals surface area (Å²) in [6.45, 7) is 9.84. The van der Waals surface area contributed by atoms with Crippen LogP contribution in [-0.4, -0.2) is 20.4 Å². The molecule has 0 aromatic rings. The molecule has 0 aromatic heterocycles. The Labute approximate surface area is 85.1 Å². The summed E-state index contributed by atoms with van der Waals surface area (Å²) < 4.78 is 0. The molecule has 0 heterocycles. The third-order valence-corrected chi connectivity index (χ3v) is 2.79. The van der Waals surface area contributed by atoms with Crippen LogP contribution in [0.25, 0.3) is 0 Å². The Balaban J connectivity index is 3.58. The molecule has 3 atom stereocenters. The first kappa shape index (κ1) is 13.0. The SMILES string of the molecule is [B][C@H](C)[C@@H](C)NCC(CC)CCC. The maximum absolute atomic E-state index is 5.78.